The fourth-order valence-corrected chi connectivity index (χ4v) is 6.99. The van der Waals surface area contributed by atoms with E-state index < -0.39 is 128 Å². The van der Waals surface area contributed by atoms with Crippen LogP contribution in [-0.2, 0) is 25.4 Å². The van der Waals surface area contributed by atoms with Crippen molar-refractivity contribution in [2.45, 2.75) is 119 Å². The van der Waals surface area contributed by atoms with E-state index in [2.05, 4.69) is 0 Å². The topological polar surface area (TPSA) is 317 Å². The zero-order chi connectivity index (χ0) is 43.0. The number of fused-ring (bicyclic) bond motifs is 1. The van der Waals surface area contributed by atoms with Crippen LogP contribution < -0.4 is 19.6 Å². The molecule has 0 radical (unpaired) electrons. The van der Waals surface area contributed by atoms with Crippen molar-refractivity contribution in [3.63, 3.8) is 0 Å². The maximum Gasteiger partial charge on any atom is 0.239 e. The molecule has 0 unspecified atom stereocenters. The molecule has 0 aliphatic carbocycles. The normalized spacial score (nSPS) is 35.0. The fraction of sp³-hybridized carbons (Fsp3) is 0.564. The van der Waals surface area contributed by atoms with E-state index in [4.69, 9.17) is 37.6 Å². The number of benzene rings is 2. The SMILES string of the molecule is COc1ccc(-c2oc3c(CC=C(C)C)c(O[C@@H]4O[C@H](CO)[C@@H](O)[C@H](O)[C@H]4O)cc(O)c3c(=O)c2O[C@H]2O[C@@H](C)[C@H](O)[C@@H](O)[C@H]2O[C@@H]2O[C@H](CO)[C@@H](O)[C@H](O)[C@H]2O)cc1. The summed E-state index contributed by atoms with van der Waals surface area (Å²) in [5.74, 6) is -1.34. The minimum absolute atomic E-state index is 0.000587. The maximum atomic E-state index is 14.7. The molecule has 3 saturated heterocycles. The third-order valence-electron chi connectivity index (χ3n) is 10.5. The largest absolute Gasteiger partial charge is 0.507 e. The number of methoxy groups -OCH3 is 1. The molecule has 0 bridgehead atoms. The van der Waals surface area contributed by atoms with Gasteiger partial charge in [-0.05, 0) is 51.5 Å². The summed E-state index contributed by atoms with van der Waals surface area (Å²) < 4.78 is 46.6. The van der Waals surface area contributed by atoms with Crippen LogP contribution in [0.15, 0.2) is 51.2 Å². The Morgan fingerprint density at radius 1 is 0.746 bits per heavy atom. The Morgan fingerprint density at radius 3 is 1.92 bits per heavy atom. The van der Waals surface area contributed by atoms with Gasteiger partial charge in [0.15, 0.2) is 18.2 Å². The highest BCUT2D eigenvalue weighted by atomic mass is 16.8. The smallest absolute Gasteiger partial charge is 0.239 e. The van der Waals surface area contributed by atoms with E-state index in [0.29, 0.717) is 5.75 Å². The van der Waals surface area contributed by atoms with Gasteiger partial charge in [-0.3, -0.25) is 4.79 Å². The summed E-state index contributed by atoms with van der Waals surface area (Å²) in [4.78, 5) is 14.7. The quantitative estimate of drug-likeness (QED) is 0.0870. The van der Waals surface area contributed by atoms with Crippen LogP contribution in [0.25, 0.3) is 22.3 Å². The summed E-state index contributed by atoms with van der Waals surface area (Å²) in [5.41, 5.74) is -0.0519. The van der Waals surface area contributed by atoms with Gasteiger partial charge >= 0.3 is 0 Å². The molecule has 3 aliphatic rings. The van der Waals surface area contributed by atoms with E-state index in [0.717, 1.165) is 11.6 Å². The van der Waals surface area contributed by atoms with E-state index in [1.165, 1.54) is 26.2 Å². The zero-order valence-electron chi connectivity index (χ0n) is 32.3. The van der Waals surface area contributed by atoms with Crippen LogP contribution in [0.4, 0.5) is 0 Å². The van der Waals surface area contributed by atoms with Gasteiger partial charge in [0.1, 0.15) is 89.3 Å². The Bertz CT molecular complexity index is 1990. The number of ether oxygens (including phenoxy) is 7. The molecule has 326 valence electrons. The van der Waals surface area contributed by atoms with Crippen LogP contribution in [0.1, 0.15) is 26.3 Å². The number of rotatable bonds is 12. The van der Waals surface area contributed by atoms with Gasteiger partial charge in [0.2, 0.25) is 23.8 Å². The number of phenolic OH excluding ortho intramolecular Hbond substituents is 1. The molecule has 6 rings (SSSR count). The first-order valence-corrected chi connectivity index (χ1v) is 18.8. The molecule has 20 nitrogen and oxygen atoms in total. The maximum absolute atomic E-state index is 14.7. The third-order valence-corrected chi connectivity index (χ3v) is 10.5. The molecular weight excluding hydrogens is 788 g/mol. The molecule has 1 aromatic heterocycles. The number of phenols is 1. The molecule has 0 saturated carbocycles. The van der Waals surface area contributed by atoms with Gasteiger partial charge in [0.25, 0.3) is 0 Å². The lowest BCUT2D eigenvalue weighted by Gasteiger charge is -2.45. The molecule has 0 amide bonds. The second-order valence-corrected chi connectivity index (χ2v) is 14.8. The molecule has 0 spiro atoms. The standard InChI is InChI=1S/C39H50O20/c1-14(2)5-10-18-20(54-37-31(50)28(47)25(44)21(12-40)55-37)11-19(42)23-27(46)35(33(57-34(18)23)16-6-8-17(52-4)9-7-16)58-39-36(30(49)24(43)15(3)53-39)59-38-32(51)29(48)26(45)22(13-41)56-38/h5-9,11,15,21-22,24-26,28-32,36-45,47-51H,10,12-13H2,1-4H3/t15-,21+,22+,24-,25+,26+,28-,29-,30+,31+,32+,36+,37+,38-,39+/m0/s1. The van der Waals surface area contributed by atoms with Crippen LogP contribution in [0.2, 0.25) is 0 Å². The summed E-state index contributed by atoms with van der Waals surface area (Å²) >= 11 is 0. The van der Waals surface area contributed by atoms with Crippen molar-refractivity contribution in [3.05, 3.63) is 57.8 Å². The zero-order valence-corrected chi connectivity index (χ0v) is 32.3. The van der Waals surface area contributed by atoms with E-state index >= 15 is 0 Å². The van der Waals surface area contributed by atoms with Crippen LogP contribution in [-0.4, -0.2) is 169 Å². The average molecular weight is 839 g/mol. The second-order valence-electron chi connectivity index (χ2n) is 14.8. The van der Waals surface area contributed by atoms with Gasteiger partial charge in [0.05, 0.1) is 26.4 Å². The van der Waals surface area contributed by atoms with Gasteiger partial charge in [-0.25, -0.2) is 0 Å². The predicted molar refractivity (Wildman–Crippen MR) is 199 cm³/mol. The summed E-state index contributed by atoms with van der Waals surface area (Å²) in [6, 6.07) is 7.17. The fourth-order valence-electron chi connectivity index (χ4n) is 6.99. The summed E-state index contributed by atoms with van der Waals surface area (Å²) in [5, 5.41) is 115. The number of allylic oxidation sites excluding steroid dienone is 2. The van der Waals surface area contributed by atoms with Crippen LogP contribution in [0, 0.1) is 0 Å². The lowest BCUT2D eigenvalue weighted by molar-refractivity contribution is -0.355. The minimum atomic E-state index is -1.94. The second kappa shape index (κ2) is 18.3. The van der Waals surface area contributed by atoms with E-state index in [1.807, 2.05) is 0 Å². The molecule has 11 N–H and O–H groups in total. The molecular formula is C39H50O20. The average Bonchev–Trinajstić information content (AvgIpc) is 3.21. The Hall–Kier alpha value is -3.97. The molecule has 59 heavy (non-hydrogen) atoms. The first-order valence-electron chi connectivity index (χ1n) is 18.8. The lowest BCUT2D eigenvalue weighted by Crippen LogP contribution is -2.64. The van der Waals surface area contributed by atoms with E-state index in [-0.39, 0.29) is 34.6 Å². The Balaban J connectivity index is 1.50. The highest BCUT2D eigenvalue weighted by Crippen LogP contribution is 2.42. The summed E-state index contributed by atoms with van der Waals surface area (Å²) in [6.45, 7) is 3.44. The molecule has 20 heteroatoms. The van der Waals surface area contributed by atoms with E-state index in [1.54, 1.807) is 32.1 Å². The van der Waals surface area contributed by atoms with Crippen LogP contribution in [0.5, 0.6) is 23.0 Å². The molecule has 2 aromatic carbocycles. The Labute approximate surface area is 336 Å². The van der Waals surface area contributed by atoms with E-state index in [9.17, 15) is 61.0 Å². The van der Waals surface area contributed by atoms with Gasteiger partial charge in [-0.15, -0.1) is 0 Å². The third kappa shape index (κ3) is 8.79. The summed E-state index contributed by atoms with van der Waals surface area (Å²) in [6.07, 6.45) is -23.6. The Morgan fingerprint density at radius 2 is 1.34 bits per heavy atom. The van der Waals surface area contributed by atoms with Crippen LogP contribution >= 0.6 is 0 Å². The number of hydrogen-bond donors (Lipinski definition) is 11. The molecule has 3 aliphatic heterocycles. The molecule has 4 heterocycles. The first kappa shape index (κ1) is 44.6. The van der Waals surface area contributed by atoms with Gasteiger partial charge < -0.3 is 93.7 Å². The Kier molecular flexibility index (Phi) is 13.9. The number of aromatic hydroxyl groups is 1. The van der Waals surface area contributed by atoms with Crippen molar-refractivity contribution < 1.29 is 93.7 Å². The lowest BCUT2D eigenvalue weighted by atomic mass is 9.97. The molecule has 3 fully saturated rings. The predicted octanol–water partition coefficient (Wildman–Crippen LogP) is -2.11. The van der Waals surface area contributed by atoms with Crippen LogP contribution in [0.3, 0.4) is 0 Å². The number of aliphatic hydroxyl groups is 10. The van der Waals surface area contributed by atoms with Gasteiger partial charge in [0, 0.05) is 17.2 Å². The molecule has 3 aromatic rings. The van der Waals surface area contributed by atoms with Crippen molar-refractivity contribution in [1.29, 1.82) is 0 Å². The monoisotopic (exact) mass is 838 g/mol. The number of aliphatic hydroxyl groups excluding tert-OH is 10. The van der Waals surface area contributed by atoms with Crippen molar-refractivity contribution >= 4 is 11.0 Å². The van der Waals surface area contributed by atoms with Crippen molar-refractivity contribution in [1.82, 2.24) is 0 Å². The van der Waals surface area contributed by atoms with Crippen molar-refractivity contribution in [2.75, 3.05) is 20.3 Å². The minimum Gasteiger partial charge on any atom is -0.507 e. The van der Waals surface area contributed by atoms with Gasteiger partial charge in [-0.2, -0.15) is 0 Å². The molecule has 15 atom stereocenters. The highest BCUT2D eigenvalue weighted by molar-refractivity contribution is 5.91. The number of hydrogen-bond acceptors (Lipinski definition) is 20. The van der Waals surface area contributed by atoms with Crippen molar-refractivity contribution in [3.8, 4) is 34.3 Å². The summed E-state index contributed by atoms with van der Waals surface area (Å²) in [7, 11) is 1.44. The van der Waals surface area contributed by atoms with Crippen molar-refractivity contribution in [2.24, 2.45) is 0 Å². The highest BCUT2D eigenvalue weighted by Gasteiger charge is 2.51. The first-order chi connectivity index (χ1) is 28.0. The van der Waals surface area contributed by atoms with Gasteiger partial charge in [-0.1, -0.05) is 11.6 Å².